The van der Waals surface area contributed by atoms with Crippen LogP contribution in [0.25, 0.3) is 0 Å². The summed E-state index contributed by atoms with van der Waals surface area (Å²) in [5.41, 5.74) is 0. The van der Waals surface area contributed by atoms with E-state index in [9.17, 15) is 55.1 Å². The van der Waals surface area contributed by atoms with Gasteiger partial charge in [-0.25, -0.2) is 4.57 Å². The molecule has 3 aliphatic carbocycles. The summed E-state index contributed by atoms with van der Waals surface area (Å²) in [6, 6.07) is 0. The number of phosphoric acid groups is 1. The Morgan fingerprint density at radius 3 is 0.939 bits per heavy atom. The molecule has 0 saturated heterocycles. The molecule has 49 heavy (non-hydrogen) atoms. The van der Waals surface area contributed by atoms with Crippen molar-refractivity contribution in [1.82, 2.24) is 0 Å². The van der Waals surface area contributed by atoms with Gasteiger partial charge in [0.1, 0.15) is 36.6 Å². The molecule has 12 N–H and O–H groups in total. The standard InChI is InChI=1S/C11H23O4P.C9H18O3.C6H13O9P.CH2ClP.2CH4/c1-6-9(12)7(2)11(8(3)10(6)13)15-16(4,5)14;1-4-7(10)5(2)9(12)6(3)8(4)11;7-1-2(8)4(10)6(5(11)3(1)9)15-16(12,13)14;1-3-2;;/h6-13H,1-5H3;4-12H,1-3H3;1-11H,(H2,12,13,14);1H2;2*1H4/t6?,7-,8-,9-,10+,11?;;1?,2-,3+,4-,5-,6?;;;/m1.1.../s1. The molecule has 0 spiro atoms. The lowest BCUT2D eigenvalue weighted by Crippen LogP contribution is -2.64. The van der Waals surface area contributed by atoms with Crippen molar-refractivity contribution in [3.05, 3.63) is 0 Å². The topological polar surface area (TPSA) is 295 Å². The molecule has 3 rings (SSSR count). The number of aliphatic hydroxyl groups is 10. The first-order valence-corrected chi connectivity index (χ1v) is 21.1. The van der Waals surface area contributed by atoms with Gasteiger partial charge in [-0.2, -0.15) is 0 Å². The first kappa shape index (κ1) is 53.7. The van der Waals surface area contributed by atoms with Gasteiger partial charge < -0.3 is 65.4 Å². The summed E-state index contributed by atoms with van der Waals surface area (Å²) in [4.78, 5) is 17.0. The molecule has 12 atom stereocenters. The SMILES string of the molecule is C.C.C=PCl.CC1C(O)C(C)C(O)C(C)C1O.CC1[C@@H](O)[C@@H](C)C(OP(C)(C)=O)[C@H](C)[C@H]1O.O=P(O)(O)OC1[C@H](O)[C@H](O)C(O)[C@H](O)[C@H]1O. The van der Waals surface area contributed by atoms with E-state index in [0.29, 0.717) is 7.56 Å². The largest absolute Gasteiger partial charge is 0.470 e. The first-order chi connectivity index (χ1) is 21.2. The Labute approximate surface area is 297 Å². The van der Waals surface area contributed by atoms with Crippen LogP contribution in [0.5, 0.6) is 0 Å². The predicted molar refractivity (Wildman–Crippen MR) is 190 cm³/mol. The number of hydrogen-bond donors (Lipinski definition) is 12. The summed E-state index contributed by atoms with van der Waals surface area (Å²) in [7, 11) is -6.97. The molecule has 298 valence electrons. The average molecular weight is 797 g/mol. The minimum absolute atomic E-state index is 0. The zero-order chi connectivity index (χ0) is 37.5. The van der Waals surface area contributed by atoms with Crippen LogP contribution in [0.1, 0.15) is 56.4 Å². The van der Waals surface area contributed by atoms with Crippen LogP contribution in [0.2, 0.25) is 0 Å². The van der Waals surface area contributed by atoms with Crippen molar-refractivity contribution in [1.29, 1.82) is 0 Å². The van der Waals surface area contributed by atoms with E-state index in [-0.39, 0.29) is 56.5 Å². The fourth-order valence-electron chi connectivity index (χ4n) is 6.03. The highest BCUT2D eigenvalue weighted by Crippen LogP contribution is 2.46. The van der Waals surface area contributed by atoms with Crippen molar-refractivity contribution in [2.24, 2.45) is 35.5 Å². The van der Waals surface area contributed by atoms with Gasteiger partial charge in [-0.1, -0.05) is 73.9 Å². The number of rotatable bonds is 4. The van der Waals surface area contributed by atoms with E-state index in [4.69, 9.17) is 30.7 Å². The number of phosphoric ester groups is 1. The molecule has 3 aliphatic rings. The highest BCUT2D eigenvalue weighted by atomic mass is 35.7. The second kappa shape index (κ2) is 22.5. The van der Waals surface area contributed by atoms with Crippen molar-refractivity contribution < 1.29 is 79.0 Å². The van der Waals surface area contributed by atoms with Gasteiger partial charge in [0.2, 0.25) is 0 Å². The van der Waals surface area contributed by atoms with E-state index in [1.54, 1.807) is 13.3 Å². The first-order valence-electron chi connectivity index (χ1n) is 15.0. The predicted octanol–water partition coefficient (Wildman–Crippen LogP) is 0.617. The summed E-state index contributed by atoms with van der Waals surface area (Å²) in [6.45, 7) is 14.1. The summed E-state index contributed by atoms with van der Waals surface area (Å²) in [5.74, 6) is -0.809. The Bertz CT molecular complexity index is 887. The molecule has 0 radical (unpaired) electrons. The van der Waals surface area contributed by atoms with E-state index in [1.807, 2.05) is 41.5 Å². The molecule has 0 aromatic heterocycles. The Hall–Kier alpha value is 0.360. The fourth-order valence-corrected chi connectivity index (χ4v) is 7.57. The molecule has 0 aromatic rings. The van der Waals surface area contributed by atoms with Gasteiger partial charge in [0.05, 0.1) is 36.6 Å². The van der Waals surface area contributed by atoms with Crippen LogP contribution < -0.4 is 0 Å². The Balaban J connectivity index is -0.000000615. The minimum Gasteiger partial charge on any atom is -0.392 e. The number of aliphatic hydroxyl groups excluding tert-OH is 10. The van der Waals surface area contributed by atoms with Gasteiger partial charge in [0.15, 0.2) is 7.37 Å². The molecule has 4 unspecified atom stereocenters. The highest BCUT2D eigenvalue weighted by Gasteiger charge is 2.51. The van der Waals surface area contributed by atoms with Crippen molar-refractivity contribution >= 4 is 40.3 Å². The molecule has 0 aromatic carbocycles. The van der Waals surface area contributed by atoms with Gasteiger partial charge in [-0.3, -0.25) is 9.09 Å². The summed E-state index contributed by atoms with van der Waals surface area (Å²) >= 11 is 4.86. The van der Waals surface area contributed by atoms with Crippen molar-refractivity contribution in [3.8, 4) is 0 Å². The molecule has 3 fully saturated rings. The maximum atomic E-state index is 11.7. The van der Waals surface area contributed by atoms with E-state index < -0.39 is 82.3 Å². The number of halogens is 1. The van der Waals surface area contributed by atoms with E-state index in [0.717, 1.165) is 0 Å². The maximum Gasteiger partial charge on any atom is 0.470 e. The molecule has 0 aliphatic heterocycles. The van der Waals surface area contributed by atoms with E-state index >= 15 is 0 Å². The number of hydrogen-bond acceptors (Lipinski definition) is 14. The Kier molecular flexibility index (Phi) is 24.7. The van der Waals surface area contributed by atoms with Crippen LogP contribution in [0.15, 0.2) is 0 Å². The van der Waals surface area contributed by atoms with Crippen LogP contribution in [0.4, 0.5) is 0 Å². The fraction of sp³-hybridized carbons (Fsp3) is 0.966. The van der Waals surface area contributed by atoms with Gasteiger partial charge >= 0.3 is 7.82 Å². The van der Waals surface area contributed by atoms with Gasteiger partial charge in [0, 0.05) is 48.8 Å². The molecule has 0 bridgehead atoms. The van der Waals surface area contributed by atoms with E-state index in [1.165, 1.54) is 0 Å². The zero-order valence-corrected chi connectivity index (χ0v) is 31.3. The summed E-state index contributed by atoms with van der Waals surface area (Å²) < 4.78 is 31.7. The molecule has 16 nitrogen and oxygen atoms in total. The second-order valence-corrected chi connectivity index (χ2v) is 17.9. The summed E-state index contributed by atoms with van der Waals surface area (Å²) in [6.07, 6.45) is -11.5. The molecular formula is C29H64ClO16P3. The monoisotopic (exact) mass is 796 g/mol. The Morgan fingerprint density at radius 1 is 0.490 bits per heavy atom. The summed E-state index contributed by atoms with van der Waals surface area (Å²) in [5, 5.41) is 94.8. The van der Waals surface area contributed by atoms with Crippen LogP contribution >= 0.6 is 34.0 Å². The van der Waals surface area contributed by atoms with Crippen molar-refractivity contribution in [3.63, 3.8) is 0 Å². The van der Waals surface area contributed by atoms with E-state index in [2.05, 4.69) is 10.8 Å². The Morgan fingerprint density at radius 2 is 0.714 bits per heavy atom. The molecular weight excluding hydrogens is 733 g/mol. The van der Waals surface area contributed by atoms with Crippen LogP contribution in [0.3, 0.4) is 0 Å². The third-order valence-electron chi connectivity index (χ3n) is 9.13. The van der Waals surface area contributed by atoms with Gasteiger partial charge in [-0.05, 0) is 7.56 Å². The van der Waals surface area contributed by atoms with Gasteiger partial charge in [0.25, 0.3) is 0 Å². The lowest BCUT2D eigenvalue weighted by Gasteiger charge is -2.45. The lowest BCUT2D eigenvalue weighted by molar-refractivity contribution is -0.219. The molecule has 0 amide bonds. The minimum atomic E-state index is -5.01. The van der Waals surface area contributed by atoms with Crippen molar-refractivity contribution in [2.75, 3.05) is 13.3 Å². The maximum absolute atomic E-state index is 11.7. The molecule has 20 heteroatoms. The third-order valence-corrected chi connectivity index (χ3v) is 10.4. The zero-order valence-electron chi connectivity index (χ0n) is 27.8. The second-order valence-electron chi connectivity index (χ2n) is 13.1. The average Bonchev–Trinajstić information content (AvgIpc) is 2.98. The van der Waals surface area contributed by atoms with Crippen LogP contribution in [0, 0.1) is 35.5 Å². The molecule has 0 heterocycles. The normalized spacial score (nSPS) is 43.9. The van der Waals surface area contributed by atoms with Crippen LogP contribution in [-0.4, -0.2) is 154 Å². The van der Waals surface area contributed by atoms with Crippen LogP contribution in [-0.2, 0) is 18.2 Å². The highest BCUT2D eigenvalue weighted by molar-refractivity contribution is 7.66. The van der Waals surface area contributed by atoms with Gasteiger partial charge in [-0.15, -0.1) is 0 Å². The van der Waals surface area contributed by atoms with Crippen molar-refractivity contribution in [2.45, 2.75) is 130 Å². The smallest absolute Gasteiger partial charge is 0.392 e. The third kappa shape index (κ3) is 15.3. The quantitative estimate of drug-likeness (QED) is 0.174. The molecule has 3 saturated carbocycles. The lowest BCUT2D eigenvalue weighted by atomic mass is 9.71.